The van der Waals surface area contributed by atoms with Gasteiger partial charge in [0.05, 0.1) is 5.00 Å². The van der Waals surface area contributed by atoms with Gasteiger partial charge in [0, 0.05) is 10.4 Å². The largest absolute Gasteiger partial charge is 0.390 e. The van der Waals surface area contributed by atoms with Crippen LogP contribution in [-0.2, 0) is 12.8 Å². The Kier molecular flexibility index (Phi) is 1.89. The van der Waals surface area contributed by atoms with Crippen molar-refractivity contribution in [1.29, 1.82) is 0 Å². The first-order valence-electron chi connectivity index (χ1n) is 4.79. The molecule has 0 unspecified atom stereocenters. The van der Waals surface area contributed by atoms with Gasteiger partial charge in [-0.1, -0.05) is 0 Å². The first kappa shape index (κ1) is 8.50. The van der Waals surface area contributed by atoms with Crippen molar-refractivity contribution < 1.29 is 0 Å². The van der Waals surface area contributed by atoms with Gasteiger partial charge in [0.1, 0.15) is 0 Å². The van der Waals surface area contributed by atoms with Crippen LogP contribution in [0.2, 0.25) is 0 Å². The van der Waals surface area contributed by atoms with Crippen LogP contribution in [0.4, 0.5) is 5.00 Å². The molecule has 0 saturated heterocycles. The average molecular weight is 221 g/mol. The van der Waals surface area contributed by atoms with Gasteiger partial charge in [0.15, 0.2) is 0 Å². The van der Waals surface area contributed by atoms with Crippen molar-refractivity contribution >= 4 is 27.7 Å². The maximum Gasteiger partial charge on any atom is 0.0942 e. The zero-order valence-corrected chi connectivity index (χ0v) is 9.38. The lowest BCUT2D eigenvalue weighted by Crippen LogP contribution is -1.86. The Bertz CT molecular complexity index is 454. The van der Waals surface area contributed by atoms with Gasteiger partial charge in [-0.2, -0.15) is 11.3 Å². The number of rotatable bonds is 1. The van der Waals surface area contributed by atoms with Crippen LogP contribution in [0, 0.1) is 0 Å². The highest BCUT2D eigenvalue weighted by Gasteiger charge is 2.21. The molecule has 0 amide bonds. The van der Waals surface area contributed by atoms with Crippen LogP contribution in [0.5, 0.6) is 0 Å². The van der Waals surface area contributed by atoms with E-state index in [0.717, 1.165) is 5.00 Å². The lowest BCUT2D eigenvalue weighted by molar-refractivity contribution is 0.915. The molecule has 1 nitrogen and oxygen atoms in total. The van der Waals surface area contributed by atoms with Crippen molar-refractivity contribution in [2.45, 2.75) is 19.3 Å². The van der Waals surface area contributed by atoms with Gasteiger partial charge in [0.2, 0.25) is 0 Å². The Morgan fingerprint density at radius 1 is 1.29 bits per heavy atom. The Morgan fingerprint density at radius 3 is 3.00 bits per heavy atom. The third-order valence-electron chi connectivity index (χ3n) is 2.76. The Balaban J connectivity index is 2.22. The van der Waals surface area contributed by atoms with Crippen LogP contribution in [-0.4, -0.2) is 0 Å². The van der Waals surface area contributed by atoms with Crippen LogP contribution in [0.3, 0.4) is 0 Å². The molecule has 0 radical (unpaired) electrons. The molecule has 0 bridgehead atoms. The lowest BCUT2D eigenvalue weighted by atomic mass is 10.1. The second-order valence-electron chi connectivity index (χ2n) is 3.61. The van der Waals surface area contributed by atoms with Gasteiger partial charge in [-0.15, -0.1) is 11.3 Å². The highest BCUT2D eigenvalue weighted by Crippen LogP contribution is 2.43. The third-order valence-corrected chi connectivity index (χ3v) is 4.56. The molecule has 1 aliphatic carbocycles. The second kappa shape index (κ2) is 3.11. The fourth-order valence-corrected chi connectivity index (χ4v) is 3.98. The smallest absolute Gasteiger partial charge is 0.0942 e. The van der Waals surface area contributed by atoms with Crippen LogP contribution < -0.4 is 5.73 Å². The van der Waals surface area contributed by atoms with E-state index in [-0.39, 0.29) is 0 Å². The minimum Gasteiger partial charge on any atom is -0.390 e. The summed E-state index contributed by atoms with van der Waals surface area (Å²) >= 11 is 3.53. The number of nitrogens with two attached hydrogens (primary N) is 1. The maximum absolute atomic E-state index is 6.07. The fraction of sp³-hybridized carbons (Fsp3) is 0.273. The molecular formula is C11H11NS2. The predicted molar refractivity (Wildman–Crippen MR) is 64.1 cm³/mol. The van der Waals surface area contributed by atoms with E-state index >= 15 is 0 Å². The second-order valence-corrected chi connectivity index (χ2v) is 5.53. The van der Waals surface area contributed by atoms with E-state index in [9.17, 15) is 0 Å². The van der Waals surface area contributed by atoms with Crippen molar-refractivity contribution in [3.05, 3.63) is 27.3 Å². The predicted octanol–water partition coefficient (Wildman–Crippen LogP) is 3.55. The molecule has 2 aromatic heterocycles. The average Bonchev–Trinajstić information content (AvgIpc) is 2.78. The molecule has 2 N–H and O–H groups in total. The Hall–Kier alpha value is -0.800. The summed E-state index contributed by atoms with van der Waals surface area (Å²) in [5.74, 6) is 0. The van der Waals surface area contributed by atoms with E-state index in [1.54, 1.807) is 22.7 Å². The SMILES string of the molecule is Nc1sc2c(c1-c1ccsc1)CCC2. The zero-order chi connectivity index (χ0) is 9.54. The first-order chi connectivity index (χ1) is 6.86. The molecule has 1 aliphatic rings. The summed E-state index contributed by atoms with van der Waals surface area (Å²) in [5.41, 5.74) is 10.2. The first-order valence-corrected chi connectivity index (χ1v) is 6.55. The standard InChI is InChI=1S/C11H11NS2/c12-11-10(7-4-5-13-6-7)8-2-1-3-9(8)14-11/h4-6H,1-3,12H2. The molecular weight excluding hydrogens is 210 g/mol. The van der Waals surface area contributed by atoms with E-state index in [2.05, 4.69) is 16.8 Å². The summed E-state index contributed by atoms with van der Waals surface area (Å²) in [5, 5.41) is 5.32. The minimum atomic E-state index is 1.01. The van der Waals surface area contributed by atoms with Gasteiger partial charge >= 0.3 is 0 Å². The highest BCUT2D eigenvalue weighted by atomic mass is 32.1. The summed E-state index contributed by atoms with van der Waals surface area (Å²) in [7, 11) is 0. The van der Waals surface area contributed by atoms with Crippen LogP contribution >= 0.6 is 22.7 Å². The number of aryl methyl sites for hydroxylation is 1. The fourth-order valence-electron chi connectivity index (χ4n) is 2.15. The Labute approximate surface area is 91.2 Å². The van der Waals surface area contributed by atoms with Crippen molar-refractivity contribution in [3.8, 4) is 11.1 Å². The monoisotopic (exact) mass is 221 g/mol. The van der Waals surface area contributed by atoms with Crippen LogP contribution in [0.25, 0.3) is 11.1 Å². The van der Waals surface area contributed by atoms with E-state index in [4.69, 9.17) is 5.73 Å². The van der Waals surface area contributed by atoms with Gasteiger partial charge < -0.3 is 5.73 Å². The third kappa shape index (κ3) is 1.12. The molecule has 72 valence electrons. The van der Waals surface area contributed by atoms with Gasteiger partial charge in [-0.05, 0) is 47.2 Å². The zero-order valence-electron chi connectivity index (χ0n) is 7.75. The van der Waals surface area contributed by atoms with E-state index < -0.39 is 0 Å². The summed E-state index contributed by atoms with van der Waals surface area (Å²) in [6.07, 6.45) is 3.75. The summed E-state index contributed by atoms with van der Waals surface area (Å²) in [4.78, 5) is 1.52. The highest BCUT2D eigenvalue weighted by molar-refractivity contribution is 7.16. The molecule has 3 rings (SSSR count). The number of anilines is 1. The lowest BCUT2D eigenvalue weighted by Gasteiger charge is -1.99. The molecule has 3 heteroatoms. The van der Waals surface area contributed by atoms with Gasteiger partial charge in [-0.25, -0.2) is 0 Å². The molecule has 0 aromatic carbocycles. The van der Waals surface area contributed by atoms with E-state index in [1.807, 2.05) is 0 Å². The van der Waals surface area contributed by atoms with Crippen molar-refractivity contribution in [3.63, 3.8) is 0 Å². The van der Waals surface area contributed by atoms with Crippen LogP contribution in [0.1, 0.15) is 16.9 Å². The number of hydrogen-bond donors (Lipinski definition) is 1. The normalized spacial score (nSPS) is 14.6. The van der Waals surface area contributed by atoms with E-state index in [1.165, 1.54) is 40.8 Å². The molecule has 0 fully saturated rings. The summed E-state index contributed by atoms with van der Waals surface area (Å²) in [6.45, 7) is 0. The van der Waals surface area contributed by atoms with Gasteiger partial charge in [-0.3, -0.25) is 0 Å². The molecule has 2 heterocycles. The van der Waals surface area contributed by atoms with Gasteiger partial charge in [0.25, 0.3) is 0 Å². The summed E-state index contributed by atoms with van der Waals surface area (Å²) < 4.78 is 0. The number of hydrogen-bond acceptors (Lipinski definition) is 3. The number of fused-ring (bicyclic) bond motifs is 1. The summed E-state index contributed by atoms with van der Waals surface area (Å²) in [6, 6.07) is 2.17. The minimum absolute atomic E-state index is 1.01. The number of thiophene rings is 2. The van der Waals surface area contributed by atoms with Crippen molar-refractivity contribution in [2.75, 3.05) is 5.73 Å². The molecule has 0 aliphatic heterocycles. The molecule has 0 atom stereocenters. The topological polar surface area (TPSA) is 26.0 Å². The van der Waals surface area contributed by atoms with Crippen LogP contribution in [0.15, 0.2) is 16.8 Å². The quantitative estimate of drug-likeness (QED) is 0.783. The maximum atomic E-state index is 6.07. The molecule has 0 saturated carbocycles. The Morgan fingerprint density at radius 2 is 2.21 bits per heavy atom. The van der Waals surface area contributed by atoms with Crippen molar-refractivity contribution in [2.24, 2.45) is 0 Å². The van der Waals surface area contributed by atoms with Crippen molar-refractivity contribution in [1.82, 2.24) is 0 Å². The number of nitrogen functional groups attached to an aromatic ring is 1. The van der Waals surface area contributed by atoms with E-state index in [0.29, 0.717) is 0 Å². The molecule has 0 spiro atoms. The molecule has 14 heavy (non-hydrogen) atoms. The molecule has 2 aromatic rings.